The molecule has 4 heteroatoms. The van der Waals surface area contributed by atoms with Gasteiger partial charge in [0, 0.05) is 13.1 Å². The van der Waals surface area contributed by atoms with Crippen molar-refractivity contribution in [3.63, 3.8) is 0 Å². The first-order chi connectivity index (χ1) is 5.98. The van der Waals surface area contributed by atoms with Crippen molar-refractivity contribution < 1.29 is 14.7 Å². The molecule has 0 aromatic rings. The van der Waals surface area contributed by atoms with Gasteiger partial charge in [-0.3, -0.25) is 4.79 Å². The van der Waals surface area contributed by atoms with Gasteiger partial charge >= 0.3 is 11.9 Å². The molecule has 13 heavy (non-hydrogen) atoms. The molecule has 1 N–H and O–H groups in total. The molecule has 0 bridgehead atoms. The third-order valence-electron chi connectivity index (χ3n) is 2.88. The van der Waals surface area contributed by atoms with E-state index in [0.717, 1.165) is 12.8 Å². The van der Waals surface area contributed by atoms with Crippen LogP contribution in [0.3, 0.4) is 0 Å². The number of aliphatic carboxylic acids is 1. The molecular weight excluding hydrogens is 170 g/mol. The number of carboxylic acid groups (broad SMARTS) is 1. The summed E-state index contributed by atoms with van der Waals surface area (Å²) >= 11 is 0. The van der Waals surface area contributed by atoms with Crippen LogP contribution in [0.5, 0.6) is 0 Å². The Balaban J connectivity index is 2.60. The van der Waals surface area contributed by atoms with Gasteiger partial charge in [-0.15, -0.1) is 0 Å². The first-order valence-corrected chi connectivity index (χ1v) is 4.51. The van der Waals surface area contributed by atoms with Crippen molar-refractivity contribution in [2.75, 3.05) is 13.1 Å². The lowest BCUT2D eigenvalue weighted by Gasteiger charge is -2.21. The number of hydrogen-bond acceptors (Lipinski definition) is 2. The Morgan fingerprint density at radius 2 is 2.15 bits per heavy atom. The van der Waals surface area contributed by atoms with E-state index >= 15 is 0 Å². The second-order valence-electron chi connectivity index (χ2n) is 3.95. The summed E-state index contributed by atoms with van der Waals surface area (Å²) in [5.41, 5.74) is 0.116. The molecule has 1 amide bonds. The molecule has 1 rings (SSSR count). The van der Waals surface area contributed by atoms with E-state index in [9.17, 15) is 9.59 Å². The van der Waals surface area contributed by atoms with Gasteiger partial charge in [0.2, 0.25) is 0 Å². The maximum absolute atomic E-state index is 11.1. The number of nitrogens with zero attached hydrogens (tertiary/aromatic N) is 1. The average Bonchev–Trinajstić information content (AvgIpc) is 2.47. The molecule has 0 aliphatic carbocycles. The van der Waals surface area contributed by atoms with Crippen molar-refractivity contribution >= 4 is 11.9 Å². The molecule has 1 unspecified atom stereocenters. The molecule has 1 aliphatic heterocycles. The monoisotopic (exact) mass is 185 g/mol. The van der Waals surface area contributed by atoms with Crippen LogP contribution in [0.15, 0.2) is 0 Å². The summed E-state index contributed by atoms with van der Waals surface area (Å²) in [6.45, 7) is 5.31. The van der Waals surface area contributed by atoms with E-state index in [1.807, 2.05) is 0 Å². The fourth-order valence-electron chi connectivity index (χ4n) is 1.62. The van der Waals surface area contributed by atoms with E-state index < -0.39 is 11.9 Å². The summed E-state index contributed by atoms with van der Waals surface area (Å²) in [6.07, 6.45) is 1.89. The van der Waals surface area contributed by atoms with Gasteiger partial charge in [0.1, 0.15) is 0 Å². The van der Waals surface area contributed by atoms with Crippen LogP contribution >= 0.6 is 0 Å². The summed E-state index contributed by atoms with van der Waals surface area (Å²) in [6, 6.07) is 0. The number of carbonyl (C=O) groups excluding carboxylic acids is 1. The minimum absolute atomic E-state index is 0.116. The number of amides is 1. The Morgan fingerprint density at radius 1 is 1.54 bits per heavy atom. The van der Waals surface area contributed by atoms with Gasteiger partial charge in [-0.1, -0.05) is 13.8 Å². The molecule has 1 fully saturated rings. The van der Waals surface area contributed by atoms with E-state index in [4.69, 9.17) is 5.11 Å². The molecule has 1 saturated heterocycles. The summed E-state index contributed by atoms with van der Waals surface area (Å²) in [5, 5.41) is 8.49. The van der Waals surface area contributed by atoms with Crippen LogP contribution < -0.4 is 0 Å². The predicted octanol–water partition coefficient (Wildman–Crippen LogP) is 0.720. The standard InChI is InChI=1S/C9H15NO3/c1-3-9(2)4-5-10(6-9)7(11)8(12)13/h3-6H2,1-2H3,(H,12,13). The molecule has 1 aliphatic rings. The lowest BCUT2D eigenvalue weighted by atomic mass is 9.87. The number of carboxylic acids is 1. The van der Waals surface area contributed by atoms with Gasteiger partial charge in [0.15, 0.2) is 0 Å². The second kappa shape index (κ2) is 3.36. The van der Waals surface area contributed by atoms with Gasteiger partial charge in [0.05, 0.1) is 0 Å². The average molecular weight is 185 g/mol. The van der Waals surface area contributed by atoms with Gasteiger partial charge in [0.25, 0.3) is 0 Å². The van der Waals surface area contributed by atoms with Gasteiger partial charge in [-0.2, -0.15) is 0 Å². The predicted molar refractivity (Wildman–Crippen MR) is 47.2 cm³/mol. The SMILES string of the molecule is CCC1(C)CCN(C(=O)C(=O)O)C1. The highest BCUT2D eigenvalue weighted by Crippen LogP contribution is 2.32. The first kappa shape index (κ1) is 10.0. The van der Waals surface area contributed by atoms with Crippen LogP contribution in [0.2, 0.25) is 0 Å². The Labute approximate surface area is 77.5 Å². The summed E-state index contributed by atoms with van der Waals surface area (Å²) in [4.78, 5) is 22.9. The summed E-state index contributed by atoms with van der Waals surface area (Å²) in [7, 11) is 0. The molecule has 1 heterocycles. The minimum atomic E-state index is -1.35. The lowest BCUT2D eigenvalue weighted by Crippen LogP contribution is -2.35. The van der Waals surface area contributed by atoms with Crippen molar-refractivity contribution in [1.29, 1.82) is 0 Å². The molecule has 74 valence electrons. The highest BCUT2D eigenvalue weighted by atomic mass is 16.4. The highest BCUT2D eigenvalue weighted by molar-refractivity contribution is 6.31. The fourth-order valence-corrected chi connectivity index (χ4v) is 1.62. The summed E-state index contributed by atoms with van der Waals surface area (Å²) in [5.74, 6) is -2.11. The van der Waals surface area contributed by atoms with Crippen molar-refractivity contribution in [2.45, 2.75) is 26.7 Å². The van der Waals surface area contributed by atoms with Gasteiger partial charge in [-0.25, -0.2) is 4.79 Å². The van der Waals surface area contributed by atoms with Crippen LogP contribution in [-0.2, 0) is 9.59 Å². The third kappa shape index (κ3) is 1.99. The normalized spacial score (nSPS) is 27.7. The van der Waals surface area contributed by atoms with Crippen LogP contribution in [0, 0.1) is 5.41 Å². The molecular formula is C9H15NO3. The first-order valence-electron chi connectivity index (χ1n) is 4.51. The van der Waals surface area contributed by atoms with E-state index in [1.54, 1.807) is 0 Å². The number of carbonyl (C=O) groups is 2. The van der Waals surface area contributed by atoms with E-state index in [2.05, 4.69) is 13.8 Å². The van der Waals surface area contributed by atoms with Crippen molar-refractivity contribution in [1.82, 2.24) is 4.90 Å². The minimum Gasteiger partial charge on any atom is -0.474 e. The van der Waals surface area contributed by atoms with E-state index in [0.29, 0.717) is 13.1 Å². The third-order valence-corrected chi connectivity index (χ3v) is 2.88. The zero-order chi connectivity index (χ0) is 10.1. The smallest absolute Gasteiger partial charge is 0.394 e. The number of hydrogen-bond donors (Lipinski definition) is 1. The zero-order valence-corrected chi connectivity index (χ0v) is 8.04. The Bertz CT molecular complexity index is 239. The van der Waals surface area contributed by atoms with E-state index in [-0.39, 0.29) is 5.41 Å². The van der Waals surface area contributed by atoms with Gasteiger partial charge in [-0.05, 0) is 18.3 Å². The van der Waals surface area contributed by atoms with E-state index in [1.165, 1.54) is 4.90 Å². The largest absolute Gasteiger partial charge is 0.474 e. The second-order valence-corrected chi connectivity index (χ2v) is 3.95. The van der Waals surface area contributed by atoms with Crippen LogP contribution in [0.25, 0.3) is 0 Å². The Kier molecular flexibility index (Phi) is 2.59. The fraction of sp³-hybridized carbons (Fsp3) is 0.778. The molecule has 0 spiro atoms. The highest BCUT2D eigenvalue weighted by Gasteiger charge is 2.36. The molecule has 4 nitrogen and oxygen atoms in total. The molecule has 0 radical (unpaired) electrons. The Morgan fingerprint density at radius 3 is 2.54 bits per heavy atom. The van der Waals surface area contributed by atoms with Crippen molar-refractivity contribution in [3.8, 4) is 0 Å². The molecule has 0 aromatic carbocycles. The number of likely N-dealkylation sites (tertiary alicyclic amines) is 1. The summed E-state index contributed by atoms with van der Waals surface area (Å²) < 4.78 is 0. The van der Waals surface area contributed by atoms with Crippen molar-refractivity contribution in [3.05, 3.63) is 0 Å². The quantitative estimate of drug-likeness (QED) is 0.612. The lowest BCUT2D eigenvalue weighted by molar-refractivity contribution is -0.155. The Hall–Kier alpha value is -1.06. The molecule has 0 saturated carbocycles. The van der Waals surface area contributed by atoms with Crippen LogP contribution in [-0.4, -0.2) is 35.0 Å². The maximum Gasteiger partial charge on any atom is 0.394 e. The van der Waals surface area contributed by atoms with Crippen LogP contribution in [0.4, 0.5) is 0 Å². The topological polar surface area (TPSA) is 57.6 Å². The van der Waals surface area contributed by atoms with Gasteiger partial charge < -0.3 is 10.0 Å². The maximum atomic E-state index is 11.1. The molecule has 0 aromatic heterocycles. The zero-order valence-electron chi connectivity index (χ0n) is 8.04. The van der Waals surface area contributed by atoms with Crippen molar-refractivity contribution in [2.24, 2.45) is 5.41 Å². The van der Waals surface area contributed by atoms with Crippen LogP contribution in [0.1, 0.15) is 26.7 Å². The number of rotatable bonds is 1. The molecule has 1 atom stereocenters.